The van der Waals surface area contributed by atoms with Gasteiger partial charge in [-0.15, -0.1) is 11.3 Å². The van der Waals surface area contributed by atoms with Crippen LogP contribution in [-0.2, 0) is 11.4 Å². The molecular weight excluding hydrogens is 408 g/mol. The third kappa shape index (κ3) is 4.35. The number of primary amides is 1. The van der Waals surface area contributed by atoms with E-state index < -0.39 is 42.2 Å². The molecule has 0 saturated carbocycles. The lowest BCUT2D eigenvalue weighted by molar-refractivity contribution is -0.120. The maximum Gasteiger partial charge on any atom is 0.296 e. The molecule has 3 rings (SSSR count). The first-order valence-corrected chi connectivity index (χ1v) is 9.27. The van der Waals surface area contributed by atoms with E-state index in [1.54, 1.807) is 5.51 Å². The summed E-state index contributed by atoms with van der Waals surface area (Å²) in [5.74, 6) is -2.55. The number of hydrogen-bond donors (Lipinski definition) is 3. The van der Waals surface area contributed by atoms with E-state index in [4.69, 9.17) is 20.0 Å². The number of alkyl halides is 2. The molecule has 0 fully saturated rings. The van der Waals surface area contributed by atoms with Crippen molar-refractivity contribution >= 4 is 34.1 Å². The van der Waals surface area contributed by atoms with Crippen molar-refractivity contribution in [1.29, 1.82) is 0 Å². The Morgan fingerprint density at radius 3 is 2.76 bits per heavy atom. The van der Waals surface area contributed by atoms with Gasteiger partial charge in [-0.3, -0.25) is 9.59 Å². The van der Waals surface area contributed by atoms with Gasteiger partial charge in [0.2, 0.25) is 5.91 Å². The Kier molecular flexibility index (Phi) is 6.09. The second kappa shape index (κ2) is 8.53. The van der Waals surface area contributed by atoms with Gasteiger partial charge >= 0.3 is 0 Å². The summed E-state index contributed by atoms with van der Waals surface area (Å²) in [4.78, 5) is 28.8. The predicted octanol–water partition coefficient (Wildman–Crippen LogP) is 2.29. The van der Waals surface area contributed by atoms with Crippen molar-refractivity contribution in [2.75, 3.05) is 6.61 Å². The van der Waals surface area contributed by atoms with E-state index in [0.29, 0.717) is 5.75 Å². The summed E-state index contributed by atoms with van der Waals surface area (Å²) in [6.45, 7) is 1.28. The fraction of sp³-hybridized carbons (Fsp3) is 0.278. The van der Waals surface area contributed by atoms with Crippen LogP contribution in [0.15, 0.2) is 28.1 Å². The van der Waals surface area contributed by atoms with Crippen LogP contribution in [0.3, 0.4) is 0 Å². The summed E-state index contributed by atoms with van der Waals surface area (Å²) in [5.41, 5.74) is 7.17. The van der Waals surface area contributed by atoms with Gasteiger partial charge in [-0.25, -0.2) is 13.8 Å². The number of aliphatic hydroxyl groups is 1. The Morgan fingerprint density at radius 2 is 2.17 bits per heavy atom. The molecule has 11 heteroatoms. The van der Waals surface area contributed by atoms with Crippen molar-refractivity contribution in [3.05, 3.63) is 45.6 Å². The highest BCUT2D eigenvalue weighted by molar-refractivity contribution is 7.09. The molecule has 2 amide bonds. The Balaban J connectivity index is 1.95. The number of aromatic nitrogens is 1. The summed E-state index contributed by atoms with van der Waals surface area (Å²) < 4.78 is 37.7. The molecule has 2 heterocycles. The molecule has 3 aromatic rings. The van der Waals surface area contributed by atoms with E-state index in [9.17, 15) is 18.4 Å². The van der Waals surface area contributed by atoms with Gasteiger partial charge in [0, 0.05) is 5.39 Å². The molecule has 0 bridgehead atoms. The van der Waals surface area contributed by atoms with Gasteiger partial charge in [0.25, 0.3) is 12.3 Å². The van der Waals surface area contributed by atoms with E-state index in [1.165, 1.54) is 29.5 Å². The number of halogens is 2. The van der Waals surface area contributed by atoms with Crippen molar-refractivity contribution in [1.82, 2.24) is 10.3 Å². The summed E-state index contributed by atoms with van der Waals surface area (Å²) >= 11 is 1.42. The maximum atomic E-state index is 13.4. The standard InChI is InChI=1S/C18H17F2N3O5S/c1-8-13(29-7-22-8)6-27-9-2-3-12-10(4-9)14(15(28-12)16(19)20)18(26)23-11(5-24)17(21)25/h2-4,7,11,16,24H,5-6H2,1H3,(H2,21,25)(H,23,26)/t11-/m0/s1. The molecule has 1 atom stereocenters. The Bertz CT molecular complexity index is 1050. The number of ether oxygens (including phenoxy) is 1. The number of hydrogen-bond acceptors (Lipinski definition) is 7. The van der Waals surface area contributed by atoms with Crippen LogP contribution in [0.2, 0.25) is 0 Å². The lowest BCUT2D eigenvalue weighted by Crippen LogP contribution is -2.46. The number of furan rings is 1. The largest absolute Gasteiger partial charge is 0.488 e. The van der Waals surface area contributed by atoms with Crippen LogP contribution in [-0.4, -0.2) is 34.6 Å². The zero-order valence-electron chi connectivity index (χ0n) is 15.1. The first kappa shape index (κ1) is 20.7. The average molecular weight is 425 g/mol. The monoisotopic (exact) mass is 425 g/mol. The zero-order chi connectivity index (χ0) is 21.1. The molecule has 0 aliphatic carbocycles. The van der Waals surface area contributed by atoms with Gasteiger partial charge in [-0.2, -0.15) is 0 Å². The van der Waals surface area contributed by atoms with Crippen LogP contribution in [0.5, 0.6) is 5.75 Å². The highest BCUT2D eigenvalue weighted by Crippen LogP contribution is 2.35. The Morgan fingerprint density at radius 1 is 1.41 bits per heavy atom. The molecule has 1 aromatic carbocycles. The van der Waals surface area contributed by atoms with Crippen LogP contribution in [0.1, 0.15) is 33.1 Å². The molecular formula is C18H17F2N3O5S. The fourth-order valence-electron chi connectivity index (χ4n) is 2.62. The molecule has 8 nitrogen and oxygen atoms in total. The van der Waals surface area contributed by atoms with Crippen LogP contribution in [0.4, 0.5) is 8.78 Å². The minimum atomic E-state index is -3.08. The normalized spacial score (nSPS) is 12.3. The minimum Gasteiger partial charge on any atom is -0.488 e. The number of rotatable bonds is 8. The number of carbonyl (C=O) groups is 2. The fourth-order valence-corrected chi connectivity index (χ4v) is 3.31. The number of fused-ring (bicyclic) bond motifs is 1. The van der Waals surface area contributed by atoms with Crippen LogP contribution in [0.25, 0.3) is 11.0 Å². The molecule has 0 spiro atoms. The van der Waals surface area contributed by atoms with Gasteiger partial charge in [0.05, 0.1) is 28.3 Å². The molecule has 29 heavy (non-hydrogen) atoms. The Hall–Kier alpha value is -3.05. The molecule has 154 valence electrons. The van der Waals surface area contributed by atoms with Crippen LogP contribution >= 0.6 is 11.3 Å². The predicted molar refractivity (Wildman–Crippen MR) is 99.9 cm³/mol. The number of aliphatic hydroxyl groups excluding tert-OH is 1. The molecule has 2 aromatic heterocycles. The number of nitrogens with one attached hydrogen (secondary N) is 1. The van der Waals surface area contributed by atoms with Crippen molar-refractivity contribution in [3.63, 3.8) is 0 Å². The van der Waals surface area contributed by atoms with E-state index in [2.05, 4.69) is 10.3 Å². The first-order chi connectivity index (χ1) is 13.8. The van der Waals surface area contributed by atoms with E-state index in [0.717, 1.165) is 10.6 Å². The van der Waals surface area contributed by atoms with Crippen LogP contribution in [0, 0.1) is 6.92 Å². The summed E-state index contributed by atoms with van der Waals surface area (Å²) in [6, 6.07) is 2.91. The molecule has 0 unspecified atom stereocenters. The number of nitrogens with two attached hydrogens (primary N) is 1. The summed E-state index contributed by atoms with van der Waals surface area (Å²) in [7, 11) is 0. The van der Waals surface area contributed by atoms with Gasteiger partial charge < -0.3 is 25.3 Å². The second-order valence-electron chi connectivity index (χ2n) is 6.06. The third-order valence-corrected chi connectivity index (χ3v) is 5.07. The number of aryl methyl sites for hydroxylation is 1. The smallest absolute Gasteiger partial charge is 0.296 e. The molecule has 4 N–H and O–H groups in total. The average Bonchev–Trinajstić information content (AvgIpc) is 3.26. The lowest BCUT2D eigenvalue weighted by Gasteiger charge is -2.12. The van der Waals surface area contributed by atoms with Crippen molar-refractivity contribution in [3.8, 4) is 5.75 Å². The van der Waals surface area contributed by atoms with Crippen molar-refractivity contribution in [2.45, 2.75) is 26.0 Å². The maximum absolute atomic E-state index is 13.4. The van der Waals surface area contributed by atoms with E-state index in [1.807, 2.05) is 6.92 Å². The highest BCUT2D eigenvalue weighted by atomic mass is 32.1. The van der Waals surface area contributed by atoms with Crippen molar-refractivity contribution in [2.24, 2.45) is 5.73 Å². The number of benzene rings is 1. The Labute approximate surface area is 167 Å². The number of thiazole rings is 1. The van der Waals surface area contributed by atoms with Gasteiger partial charge in [0.15, 0.2) is 5.76 Å². The molecule has 0 aliphatic rings. The second-order valence-corrected chi connectivity index (χ2v) is 7.00. The number of nitrogens with zero attached hydrogens (tertiary/aromatic N) is 1. The van der Waals surface area contributed by atoms with Gasteiger partial charge in [0.1, 0.15) is 24.0 Å². The van der Waals surface area contributed by atoms with Crippen molar-refractivity contribution < 1.29 is 32.6 Å². The molecule has 0 radical (unpaired) electrons. The zero-order valence-corrected chi connectivity index (χ0v) is 16.0. The third-order valence-electron chi connectivity index (χ3n) is 4.16. The first-order valence-electron chi connectivity index (χ1n) is 8.39. The van der Waals surface area contributed by atoms with Gasteiger partial charge in [-0.1, -0.05) is 0 Å². The highest BCUT2D eigenvalue weighted by Gasteiger charge is 2.29. The van der Waals surface area contributed by atoms with Gasteiger partial charge in [-0.05, 0) is 25.1 Å². The van der Waals surface area contributed by atoms with E-state index >= 15 is 0 Å². The minimum absolute atomic E-state index is 0.0476. The van der Waals surface area contributed by atoms with Crippen LogP contribution < -0.4 is 15.8 Å². The summed E-state index contributed by atoms with van der Waals surface area (Å²) in [5, 5.41) is 11.4. The molecule has 0 saturated heterocycles. The SMILES string of the molecule is Cc1ncsc1COc1ccc2oc(C(F)F)c(C(=O)N[C@@H](CO)C(N)=O)c2c1. The van der Waals surface area contributed by atoms with E-state index in [-0.39, 0.29) is 17.6 Å². The lowest BCUT2D eigenvalue weighted by atomic mass is 10.1. The summed E-state index contributed by atoms with van der Waals surface area (Å²) in [6.07, 6.45) is -3.08. The number of carbonyl (C=O) groups excluding carboxylic acids is 2. The topological polar surface area (TPSA) is 128 Å². The number of amides is 2. The molecule has 0 aliphatic heterocycles. The quantitative estimate of drug-likeness (QED) is 0.508.